The molecule has 0 saturated carbocycles. The third-order valence-electron chi connectivity index (χ3n) is 2.39. The average molecular weight is 243 g/mol. The minimum Gasteiger partial charge on any atom is -0.383 e. The van der Waals surface area contributed by atoms with Gasteiger partial charge in [0.1, 0.15) is 0 Å². The summed E-state index contributed by atoms with van der Waals surface area (Å²) in [7, 11) is 1.72. The summed E-state index contributed by atoms with van der Waals surface area (Å²) in [6.45, 7) is 2.73. The zero-order chi connectivity index (χ0) is 11.6. The van der Waals surface area contributed by atoms with Crippen LogP contribution in [0, 0.1) is 0 Å². The van der Waals surface area contributed by atoms with E-state index in [9.17, 15) is 0 Å². The molecule has 0 atom stereocenters. The van der Waals surface area contributed by atoms with Gasteiger partial charge in [0.2, 0.25) is 0 Å². The molecule has 0 aromatic carbocycles. The molecule has 1 heterocycles. The molecule has 1 aromatic heterocycles. The molecule has 0 unspecified atom stereocenters. The SMILES string of the molecule is COCCNCCCCc1ccncc1Cl. The van der Waals surface area contributed by atoms with Crippen LogP contribution >= 0.6 is 11.6 Å². The van der Waals surface area contributed by atoms with E-state index in [-0.39, 0.29) is 0 Å². The fraction of sp³-hybridized carbons (Fsp3) is 0.583. The van der Waals surface area contributed by atoms with Crippen molar-refractivity contribution in [3.05, 3.63) is 29.0 Å². The molecule has 0 aliphatic rings. The summed E-state index contributed by atoms with van der Waals surface area (Å²) in [5.41, 5.74) is 1.19. The van der Waals surface area contributed by atoms with Crippen LogP contribution in [0.25, 0.3) is 0 Å². The van der Waals surface area contributed by atoms with E-state index < -0.39 is 0 Å². The van der Waals surface area contributed by atoms with Gasteiger partial charge in [-0.25, -0.2) is 0 Å². The van der Waals surface area contributed by atoms with Crippen molar-refractivity contribution in [2.75, 3.05) is 26.8 Å². The number of aryl methyl sites for hydroxylation is 1. The quantitative estimate of drug-likeness (QED) is 0.711. The molecule has 1 rings (SSSR count). The van der Waals surface area contributed by atoms with Gasteiger partial charge in [-0.05, 0) is 37.4 Å². The molecule has 0 saturated heterocycles. The number of hydrogen-bond acceptors (Lipinski definition) is 3. The Hall–Kier alpha value is -0.640. The van der Waals surface area contributed by atoms with Gasteiger partial charge < -0.3 is 10.1 Å². The summed E-state index contributed by atoms with van der Waals surface area (Å²) in [4.78, 5) is 3.96. The molecule has 0 bridgehead atoms. The lowest BCUT2D eigenvalue weighted by Gasteiger charge is -2.05. The summed E-state index contributed by atoms with van der Waals surface area (Å²) in [5.74, 6) is 0. The van der Waals surface area contributed by atoms with Gasteiger partial charge in [0.05, 0.1) is 11.6 Å². The zero-order valence-corrected chi connectivity index (χ0v) is 10.5. The van der Waals surface area contributed by atoms with Crippen LogP contribution in [0.1, 0.15) is 18.4 Å². The van der Waals surface area contributed by atoms with E-state index in [0.29, 0.717) is 0 Å². The minimum atomic E-state index is 0.773. The second kappa shape index (κ2) is 8.50. The highest BCUT2D eigenvalue weighted by Crippen LogP contribution is 2.15. The van der Waals surface area contributed by atoms with E-state index in [4.69, 9.17) is 16.3 Å². The third-order valence-corrected chi connectivity index (χ3v) is 2.73. The second-order valence-corrected chi connectivity index (χ2v) is 4.07. The second-order valence-electron chi connectivity index (χ2n) is 3.67. The van der Waals surface area contributed by atoms with E-state index in [1.807, 2.05) is 6.07 Å². The lowest BCUT2D eigenvalue weighted by molar-refractivity contribution is 0.199. The van der Waals surface area contributed by atoms with Crippen molar-refractivity contribution in [1.82, 2.24) is 10.3 Å². The Labute approximate surface area is 102 Å². The highest BCUT2D eigenvalue weighted by molar-refractivity contribution is 6.31. The van der Waals surface area contributed by atoms with Crippen molar-refractivity contribution < 1.29 is 4.74 Å². The van der Waals surface area contributed by atoms with E-state index in [0.717, 1.165) is 44.0 Å². The fourth-order valence-electron chi connectivity index (χ4n) is 1.47. The normalized spacial score (nSPS) is 10.6. The molecule has 4 heteroatoms. The van der Waals surface area contributed by atoms with Gasteiger partial charge in [0.15, 0.2) is 0 Å². The van der Waals surface area contributed by atoms with Gasteiger partial charge >= 0.3 is 0 Å². The Morgan fingerprint density at radius 3 is 3.00 bits per heavy atom. The third kappa shape index (κ3) is 5.45. The Morgan fingerprint density at radius 2 is 2.25 bits per heavy atom. The van der Waals surface area contributed by atoms with Gasteiger partial charge in [-0.15, -0.1) is 0 Å². The Kier molecular flexibility index (Phi) is 7.14. The molecule has 0 aliphatic heterocycles. The maximum Gasteiger partial charge on any atom is 0.0621 e. The van der Waals surface area contributed by atoms with Crippen LogP contribution in [0.3, 0.4) is 0 Å². The number of methoxy groups -OCH3 is 1. The zero-order valence-electron chi connectivity index (χ0n) is 9.71. The molecule has 16 heavy (non-hydrogen) atoms. The summed E-state index contributed by atoms with van der Waals surface area (Å²) < 4.78 is 4.95. The number of unbranched alkanes of at least 4 members (excludes halogenated alkanes) is 1. The first-order valence-electron chi connectivity index (χ1n) is 5.62. The van der Waals surface area contributed by atoms with Crippen molar-refractivity contribution in [2.45, 2.75) is 19.3 Å². The van der Waals surface area contributed by atoms with Crippen molar-refractivity contribution >= 4 is 11.6 Å². The number of nitrogens with zero attached hydrogens (tertiary/aromatic N) is 1. The van der Waals surface area contributed by atoms with Crippen LogP contribution in [0.4, 0.5) is 0 Å². The monoisotopic (exact) mass is 242 g/mol. The van der Waals surface area contributed by atoms with Gasteiger partial charge in [-0.2, -0.15) is 0 Å². The number of hydrogen-bond donors (Lipinski definition) is 1. The lowest BCUT2D eigenvalue weighted by Crippen LogP contribution is -2.20. The summed E-state index contributed by atoms with van der Waals surface area (Å²) in [6, 6.07) is 1.99. The van der Waals surface area contributed by atoms with Gasteiger partial charge in [0.25, 0.3) is 0 Å². The molecular formula is C12H19ClN2O. The first-order valence-corrected chi connectivity index (χ1v) is 6.00. The molecule has 0 amide bonds. The van der Waals surface area contributed by atoms with Crippen LogP contribution < -0.4 is 5.32 Å². The maximum atomic E-state index is 6.01. The fourth-order valence-corrected chi connectivity index (χ4v) is 1.69. The maximum absolute atomic E-state index is 6.01. The molecular weight excluding hydrogens is 224 g/mol. The van der Waals surface area contributed by atoms with Gasteiger partial charge in [-0.3, -0.25) is 4.98 Å². The predicted molar refractivity (Wildman–Crippen MR) is 66.9 cm³/mol. The highest BCUT2D eigenvalue weighted by atomic mass is 35.5. The smallest absolute Gasteiger partial charge is 0.0621 e. The molecule has 90 valence electrons. The van der Waals surface area contributed by atoms with Crippen molar-refractivity contribution in [2.24, 2.45) is 0 Å². The Balaban J connectivity index is 2.05. The number of ether oxygens (including phenoxy) is 1. The van der Waals surface area contributed by atoms with Gasteiger partial charge in [0, 0.05) is 26.0 Å². The standard InChI is InChI=1S/C12H19ClN2O/c1-16-9-8-14-6-3-2-4-11-5-7-15-10-12(11)13/h5,7,10,14H,2-4,6,8-9H2,1H3. The van der Waals surface area contributed by atoms with Crippen LogP contribution in [0.5, 0.6) is 0 Å². The minimum absolute atomic E-state index is 0.773. The summed E-state index contributed by atoms with van der Waals surface area (Å²) >= 11 is 6.01. The van der Waals surface area contributed by atoms with E-state index in [1.54, 1.807) is 19.5 Å². The Bertz CT molecular complexity index is 294. The van der Waals surface area contributed by atoms with Gasteiger partial charge in [-0.1, -0.05) is 11.6 Å². The summed E-state index contributed by atoms with van der Waals surface area (Å²) in [6.07, 6.45) is 6.81. The van der Waals surface area contributed by atoms with Crippen LogP contribution in [-0.4, -0.2) is 31.8 Å². The molecule has 3 nitrogen and oxygen atoms in total. The van der Waals surface area contributed by atoms with Crippen molar-refractivity contribution in [1.29, 1.82) is 0 Å². The van der Waals surface area contributed by atoms with E-state index >= 15 is 0 Å². The number of aromatic nitrogens is 1. The Morgan fingerprint density at radius 1 is 1.38 bits per heavy atom. The molecule has 0 spiro atoms. The topological polar surface area (TPSA) is 34.1 Å². The number of nitrogens with one attached hydrogen (secondary N) is 1. The predicted octanol–water partition coefficient (Wildman–Crippen LogP) is 2.29. The molecule has 0 aliphatic carbocycles. The molecule has 1 N–H and O–H groups in total. The molecule has 1 aromatic rings. The van der Waals surface area contributed by atoms with Crippen LogP contribution in [0.15, 0.2) is 18.5 Å². The summed E-state index contributed by atoms with van der Waals surface area (Å²) in [5, 5.41) is 4.09. The van der Waals surface area contributed by atoms with Crippen molar-refractivity contribution in [3.63, 3.8) is 0 Å². The average Bonchev–Trinajstić information content (AvgIpc) is 2.30. The first kappa shape index (κ1) is 13.4. The highest BCUT2D eigenvalue weighted by Gasteiger charge is 1.98. The number of rotatable bonds is 8. The lowest BCUT2D eigenvalue weighted by atomic mass is 10.1. The molecule has 0 radical (unpaired) electrons. The molecule has 0 fully saturated rings. The van der Waals surface area contributed by atoms with E-state index in [2.05, 4.69) is 10.3 Å². The largest absolute Gasteiger partial charge is 0.383 e. The van der Waals surface area contributed by atoms with Crippen molar-refractivity contribution in [3.8, 4) is 0 Å². The van der Waals surface area contributed by atoms with E-state index in [1.165, 1.54) is 5.56 Å². The van der Waals surface area contributed by atoms with Crippen LogP contribution in [-0.2, 0) is 11.2 Å². The number of halogens is 1. The first-order chi connectivity index (χ1) is 7.84. The van der Waals surface area contributed by atoms with Crippen LogP contribution in [0.2, 0.25) is 5.02 Å². The number of pyridine rings is 1.